The molecule has 0 heterocycles. The van der Waals surface area contributed by atoms with Crippen molar-refractivity contribution in [3.05, 3.63) is 29.0 Å². The minimum atomic E-state index is -1.07. The van der Waals surface area contributed by atoms with E-state index in [4.69, 9.17) is 11.6 Å². The van der Waals surface area contributed by atoms with Gasteiger partial charge in [-0.2, -0.15) is 0 Å². The van der Waals surface area contributed by atoms with Gasteiger partial charge in [-0.05, 0) is 12.1 Å². The molecule has 0 bridgehead atoms. The minimum absolute atomic E-state index is 0.117. The SMILES string of the molecule is NC(=O)Oc1cccc(Cl)c1F. The van der Waals surface area contributed by atoms with E-state index in [9.17, 15) is 9.18 Å². The van der Waals surface area contributed by atoms with Crippen LogP contribution in [0.2, 0.25) is 5.02 Å². The van der Waals surface area contributed by atoms with Crippen LogP contribution >= 0.6 is 11.6 Å². The molecule has 0 aliphatic carbocycles. The molecular formula is C7H5ClFNO2. The van der Waals surface area contributed by atoms with Crippen LogP contribution in [0.3, 0.4) is 0 Å². The lowest BCUT2D eigenvalue weighted by molar-refractivity contribution is 0.208. The number of hydrogen-bond acceptors (Lipinski definition) is 2. The molecule has 1 amide bonds. The second kappa shape index (κ2) is 3.40. The maximum Gasteiger partial charge on any atom is 0.410 e. The van der Waals surface area contributed by atoms with E-state index < -0.39 is 11.9 Å². The molecule has 0 aliphatic heterocycles. The molecule has 0 aromatic heterocycles. The van der Waals surface area contributed by atoms with E-state index in [2.05, 4.69) is 10.5 Å². The third kappa shape index (κ3) is 1.85. The number of carbonyl (C=O) groups is 1. The van der Waals surface area contributed by atoms with Gasteiger partial charge in [-0.25, -0.2) is 9.18 Å². The van der Waals surface area contributed by atoms with Gasteiger partial charge in [-0.3, -0.25) is 0 Å². The van der Waals surface area contributed by atoms with Gasteiger partial charge in [-0.15, -0.1) is 0 Å². The fourth-order valence-corrected chi connectivity index (χ4v) is 0.837. The number of hydrogen-bond donors (Lipinski definition) is 1. The van der Waals surface area contributed by atoms with Crippen LogP contribution in [-0.4, -0.2) is 6.09 Å². The molecule has 0 saturated heterocycles. The molecule has 1 rings (SSSR count). The zero-order chi connectivity index (χ0) is 9.14. The van der Waals surface area contributed by atoms with E-state index >= 15 is 0 Å². The highest BCUT2D eigenvalue weighted by atomic mass is 35.5. The lowest BCUT2D eigenvalue weighted by Gasteiger charge is -2.01. The van der Waals surface area contributed by atoms with Crippen molar-refractivity contribution in [2.75, 3.05) is 0 Å². The molecule has 0 fully saturated rings. The predicted octanol–water partition coefficient (Wildman–Crippen LogP) is 1.94. The number of primary amides is 1. The molecule has 64 valence electrons. The first-order valence-electron chi connectivity index (χ1n) is 3.02. The highest BCUT2D eigenvalue weighted by Gasteiger charge is 2.08. The van der Waals surface area contributed by atoms with Gasteiger partial charge < -0.3 is 10.5 Å². The molecule has 2 N–H and O–H groups in total. The van der Waals surface area contributed by atoms with Crippen molar-refractivity contribution in [1.29, 1.82) is 0 Å². The van der Waals surface area contributed by atoms with Gasteiger partial charge in [-0.1, -0.05) is 17.7 Å². The molecule has 3 nitrogen and oxygen atoms in total. The summed E-state index contributed by atoms with van der Waals surface area (Å²) < 4.78 is 17.2. The fraction of sp³-hybridized carbons (Fsp3) is 0. The molecule has 0 aliphatic rings. The lowest BCUT2D eigenvalue weighted by Crippen LogP contribution is -2.16. The molecule has 1 aromatic rings. The van der Waals surface area contributed by atoms with Gasteiger partial charge >= 0.3 is 6.09 Å². The van der Waals surface area contributed by atoms with E-state index in [0.29, 0.717) is 0 Å². The zero-order valence-electron chi connectivity index (χ0n) is 5.88. The maximum absolute atomic E-state index is 12.9. The predicted molar refractivity (Wildman–Crippen MR) is 41.6 cm³/mol. The summed E-state index contributed by atoms with van der Waals surface area (Å²) in [7, 11) is 0. The van der Waals surface area contributed by atoms with Crippen LogP contribution in [0.4, 0.5) is 9.18 Å². The largest absolute Gasteiger partial charge is 0.410 e. The zero-order valence-corrected chi connectivity index (χ0v) is 6.64. The summed E-state index contributed by atoms with van der Waals surface area (Å²) >= 11 is 5.39. The number of rotatable bonds is 1. The summed E-state index contributed by atoms with van der Waals surface area (Å²) in [6.45, 7) is 0. The van der Waals surface area contributed by atoms with Gasteiger partial charge in [0.05, 0.1) is 5.02 Å². The van der Waals surface area contributed by atoms with Crippen molar-refractivity contribution in [1.82, 2.24) is 0 Å². The van der Waals surface area contributed by atoms with Gasteiger partial charge in [0.15, 0.2) is 11.6 Å². The molecule has 0 spiro atoms. The van der Waals surface area contributed by atoms with E-state index in [-0.39, 0.29) is 10.8 Å². The molecule has 1 aromatic carbocycles. The first-order valence-corrected chi connectivity index (χ1v) is 3.40. The first-order chi connectivity index (χ1) is 5.61. The Morgan fingerprint density at radius 2 is 2.25 bits per heavy atom. The van der Waals surface area contributed by atoms with Crippen LogP contribution < -0.4 is 10.5 Å². The molecule has 5 heteroatoms. The van der Waals surface area contributed by atoms with Gasteiger partial charge in [0.2, 0.25) is 0 Å². The molecule has 12 heavy (non-hydrogen) atoms. The number of halogens is 2. The quantitative estimate of drug-likeness (QED) is 0.734. The summed E-state index contributed by atoms with van der Waals surface area (Å²) in [4.78, 5) is 10.2. The Bertz CT molecular complexity index is 316. The van der Waals surface area contributed by atoms with Gasteiger partial charge in [0, 0.05) is 0 Å². The number of nitrogens with two attached hydrogens (primary N) is 1. The second-order valence-electron chi connectivity index (χ2n) is 1.97. The van der Waals surface area contributed by atoms with Crippen LogP contribution in [0, 0.1) is 5.82 Å². The molecule has 0 atom stereocenters. The van der Waals surface area contributed by atoms with Gasteiger partial charge in [0.1, 0.15) is 0 Å². The number of ether oxygens (including phenoxy) is 1. The van der Waals surface area contributed by atoms with E-state index in [1.807, 2.05) is 0 Å². The lowest BCUT2D eigenvalue weighted by atomic mass is 10.3. The van der Waals surface area contributed by atoms with Crippen LogP contribution in [-0.2, 0) is 0 Å². The molecule has 0 radical (unpaired) electrons. The third-order valence-electron chi connectivity index (χ3n) is 1.13. The maximum atomic E-state index is 12.9. The first kappa shape index (κ1) is 8.80. The van der Waals surface area contributed by atoms with Crippen LogP contribution in [0.25, 0.3) is 0 Å². The van der Waals surface area contributed by atoms with E-state index in [0.717, 1.165) is 0 Å². The Balaban J connectivity index is 3.00. The molecule has 0 saturated carbocycles. The fourth-order valence-electron chi connectivity index (χ4n) is 0.671. The third-order valence-corrected chi connectivity index (χ3v) is 1.42. The smallest absolute Gasteiger partial charge is 0.407 e. The van der Waals surface area contributed by atoms with Crippen LogP contribution in [0.15, 0.2) is 18.2 Å². The van der Waals surface area contributed by atoms with E-state index in [1.54, 1.807) is 0 Å². The van der Waals surface area contributed by atoms with Crippen molar-refractivity contribution in [3.63, 3.8) is 0 Å². The normalized spacial score (nSPS) is 9.50. The highest BCUT2D eigenvalue weighted by molar-refractivity contribution is 6.30. The average molecular weight is 190 g/mol. The Kier molecular flexibility index (Phi) is 2.50. The summed E-state index contributed by atoms with van der Waals surface area (Å²) in [5.74, 6) is -1.06. The van der Waals surface area contributed by atoms with Crippen molar-refractivity contribution < 1.29 is 13.9 Å². The Hall–Kier alpha value is -1.29. The molecular weight excluding hydrogens is 185 g/mol. The monoisotopic (exact) mass is 189 g/mol. The number of carbonyl (C=O) groups excluding carboxylic acids is 1. The topological polar surface area (TPSA) is 52.3 Å². The standard InChI is InChI=1S/C7H5ClFNO2/c8-4-2-1-3-5(6(4)9)12-7(10)11/h1-3H,(H2,10,11). The summed E-state index contributed by atoms with van der Waals surface area (Å²) in [5, 5.41) is -0.117. The highest BCUT2D eigenvalue weighted by Crippen LogP contribution is 2.23. The Labute approximate surface area is 72.9 Å². The van der Waals surface area contributed by atoms with Gasteiger partial charge in [0.25, 0.3) is 0 Å². The van der Waals surface area contributed by atoms with Crippen molar-refractivity contribution >= 4 is 17.7 Å². The summed E-state index contributed by atoms with van der Waals surface area (Å²) in [5.41, 5.74) is 4.67. The van der Waals surface area contributed by atoms with Crippen LogP contribution in [0.5, 0.6) is 5.75 Å². The number of amides is 1. The minimum Gasteiger partial charge on any atom is -0.407 e. The summed E-state index contributed by atoms with van der Waals surface area (Å²) in [6.07, 6.45) is -1.07. The Morgan fingerprint density at radius 1 is 1.58 bits per heavy atom. The van der Waals surface area contributed by atoms with Crippen molar-refractivity contribution in [3.8, 4) is 5.75 Å². The Morgan fingerprint density at radius 3 is 2.83 bits per heavy atom. The number of benzene rings is 1. The molecule has 0 unspecified atom stereocenters. The van der Waals surface area contributed by atoms with Crippen molar-refractivity contribution in [2.24, 2.45) is 5.73 Å². The average Bonchev–Trinajstić information content (AvgIpc) is 1.98. The second-order valence-corrected chi connectivity index (χ2v) is 2.38. The van der Waals surface area contributed by atoms with Crippen molar-refractivity contribution in [2.45, 2.75) is 0 Å². The summed E-state index contributed by atoms with van der Waals surface area (Å²) in [6, 6.07) is 4.04. The van der Waals surface area contributed by atoms with E-state index in [1.165, 1.54) is 18.2 Å². The van der Waals surface area contributed by atoms with Crippen LogP contribution in [0.1, 0.15) is 0 Å².